The molecule has 1 saturated heterocycles. The van der Waals surface area contributed by atoms with E-state index >= 15 is 0 Å². The van der Waals surface area contributed by atoms with E-state index in [2.05, 4.69) is 4.90 Å². The summed E-state index contributed by atoms with van der Waals surface area (Å²) in [5, 5.41) is 0. The van der Waals surface area contributed by atoms with Crippen LogP contribution in [0.3, 0.4) is 0 Å². The Morgan fingerprint density at radius 3 is 2.46 bits per heavy atom. The van der Waals surface area contributed by atoms with Crippen LogP contribution in [0.4, 0.5) is 0 Å². The molecule has 0 spiro atoms. The lowest BCUT2D eigenvalue weighted by Gasteiger charge is -2.16. The van der Waals surface area contributed by atoms with Crippen LogP contribution in [-0.4, -0.2) is 53.3 Å². The summed E-state index contributed by atoms with van der Waals surface area (Å²) in [7, 11) is -2.03. The average Bonchev–Trinajstić information content (AvgIpc) is 3.19. The third kappa shape index (κ3) is 5.95. The molecule has 3 rings (SSSR count). The molecule has 1 fully saturated rings. The molecule has 1 aliphatic heterocycles. The third-order valence-electron chi connectivity index (χ3n) is 4.81. The highest BCUT2D eigenvalue weighted by atomic mass is 32.2. The summed E-state index contributed by atoms with van der Waals surface area (Å²) in [6, 6.07) is 15.8. The fourth-order valence-corrected chi connectivity index (χ4v) is 4.24. The summed E-state index contributed by atoms with van der Waals surface area (Å²) >= 11 is 0. The molecule has 1 aliphatic rings. The van der Waals surface area contributed by atoms with Crippen LogP contribution in [0.25, 0.3) is 0 Å². The standard InChI is InChI=1S/C21H27NO5S/c1-25-19-8-10-20(11-9-19)26-15-5-13-22-14-12-18(16-22)17-27-28(23,24)21-6-3-2-4-7-21/h2-4,6-11,18H,5,12-17H2,1H3. The van der Waals surface area contributed by atoms with E-state index in [9.17, 15) is 8.42 Å². The molecule has 28 heavy (non-hydrogen) atoms. The molecule has 152 valence electrons. The van der Waals surface area contributed by atoms with Gasteiger partial charge in [-0.25, -0.2) is 0 Å². The van der Waals surface area contributed by atoms with Crippen LogP contribution in [0.1, 0.15) is 12.8 Å². The van der Waals surface area contributed by atoms with Crippen molar-refractivity contribution in [1.29, 1.82) is 0 Å². The summed E-state index contributed by atoms with van der Waals surface area (Å²) in [6.45, 7) is 3.62. The highest BCUT2D eigenvalue weighted by Crippen LogP contribution is 2.20. The minimum Gasteiger partial charge on any atom is -0.497 e. The van der Waals surface area contributed by atoms with Gasteiger partial charge in [0.05, 0.1) is 25.2 Å². The molecule has 1 atom stereocenters. The van der Waals surface area contributed by atoms with E-state index in [-0.39, 0.29) is 17.4 Å². The number of ether oxygens (including phenoxy) is 2. The number of nitrogens with zero attached hydrogens (tertiary/aromatic N) is 1. The lowest BCUT2D eigenvalue weighted by atomic mass is 10.1. The molecular formula is C21H27NO5S. The quantitative estimate of drug-likeness (QED) is 0.447. The van der Waals surface area contributed by atoms with Crippen LogP contribution in [-0.2, 0) is 14.3 Å². The monoisotopic (exact) mass is 405 g/mol. The van der Waals surface area contributed by atoms with E-state index in [0.717, 1.165) is 44.0 Å². The van der Waals surface area contributed by atoms with Gasteiger partial charge in [-0.2, -0.15) is 8.42 Å². The molecule has 0 radical (unpaired) electrons. The largest absolute Gasteiger partial charge is 0.497 e. The number of hydrogen-bond acceptors (Lipinski definition) is 6. The van der Waals surface area contributed by atoms with Gasteiger partial charge in [0.15, 0.2) is 0 Å². The SMILES string of the molecule is COc1ccc(OCCCN2CCC(COS(=O)(=O)c3ccccc3)C2)cc1. The van der Waals surface area contributed by atoms with Crippen molar-refractivity contribution in [3.63, 3.8) is 0 Å². The fraction of sp³-hybridized carbons (Fsp3) is 0.429. The first kappa shape index (κ1) is 20.6. The molecule has 1 heterocycles. The molecule has 1 unspecified atom stereocenters. The Kier molecular flexibility index (Phi) is 7.30. The summed E-state index contributed by atoms with van der Waals surface area (Å²) in [6.07, 6.45) is 1.87. The minimum absolute atomic E-state index is 0.209. The lowest BCUT2D eigenvalue weighted by molar-refractivity contribution is 0.232. The maximum atomic E-state index is 12.2. The lowest BCUT2D eigenvalue weighted by Crippen LogP contribution is -2.24. The van der Waals surface area contributed by atoms with Gasteiger partial charge in [0.2, 0.25) is 0 Å². The molecule has 0 amide bonds. The summed E-state index contributed by atoms with van der Waals surface area (Å²) < 4.78 is 40.5. The van der Waals surface area contributed by atoms with E-state index in [4.69, 9.17) is 13.7 Å². The molecule has 2 aromatic carbocycles. The van der Waals surface area contributed by atoms with E-state index in [1.165, 1.54) is 0 Å². The van der Waals surface area contributed by atoms with Crippen molar-refractivity contribution in [3.05, 3.63) is 54.6 Å². The number of benzene rings is 2. The Morgan fingerprint density at radius 1 is 1.04 bits per heavy atom. The molecular weight excluding hydrogens is 378 g/mol. The summed E-state index contributed by atoms with van der Waals surface area (Å²) in [5.74, 6) is 1.88. The van der Waals surface area contributed by atoms with Crippen molar-refractivity contribution in [3.8, 4) is 11.5 Å². The molecule has 7 heteroatoms. The molecule has 0 saturated carbocycles. The van der Waals surface area contributed by atoms with Gasteiger partial charge in [0.25, 0.3) is 10.1 Å². The van der Waals surface area contributed by atoms with Gasteiger partial charge in [0, 0.05) is 13.1 Å². The van der Waals surface area contributed by atoms with Gasteiger partial charge >= 0.3 is 0 Å². The van der Waals surface area contributed by atoms with E-state index < -0.39 is 10.1 Å². The average molecular weight is 406 g/mol. The van der Waals surface area contributed by atoms with Crippen LogP contribution >= 0.6 is 0 Å². The Hall–Kier alpha value is -2.09. The van der Waals surface area contributed by atoms with E-state index in [1.54, 1.807) is 37.4 Å². The van der Waals surface area contributed by atoms with Crippen LogP contribution in [0.2, 0.25) is 0 Å². The van der Waals surface area contributed by atoms with Gasteiger partial charge < -0.3 is 14.4 Å². The van der Waals surface area contributed by atoms with Crippen LogP contribution in [0.5, 0.6) is 11.5 Å². The van der Waals surface area contributed by atoms with Crippen molar-refractivity contribution in [2.45, 2.75) is 17.7 Å². The molecule has 0 aromatic heterocycles. The smallest absolute Gasteiger partial charge is 0.296 e. The molecule has 0 aliphatic carbocycles. The van der Waals surface area contributed by atoms with Crippen LogP contribution in [0, 0.1) is 5.92 Å². The van der Waals surface area contributed by atoms with Crippen LogP contribution < -0.4 is 9.47 Å². The summed E-state index contributed by atoms with van der Waals surface area (Å²) in [5.41, 5.74) is 0. The fourth-order valence-electron chi connectivity index (χ4n) is 3.24. The second-order valence-corrected chi connectivity index (χ2v) is 8.50. The molecule has 6 nitrogen and oxygen atoms in total. The van der Waals surface area contributed by atoms with Crippen molar-refractivity contribution >= 4 is 10.1 Å². The highest BCUT2D eigenvalue weighted by molar-refractivity contribution is 7.86. The maximum absolute atomic E-state index is 12.2. The van der Waals surface area contributed by atoms with Gasteiger partial charge in [-0.15, -0.1) is 0 Å². The zero-order valence-corrected chi connectivity index (χ0v) is 16.9. The Labute approximate surface area is 167 Å². The molecule has 2 aromatic rings. The first-order valence-electron chi connectivity index (χ1n) is 9.50. The van der Waals surface area contributed by atoms with Crippen LogP contribution in [0.15, 0.2) is 59.5 Å². The second-order valence-electron chi connectivity index (χ2n) is 6.88. The number of methoxy groups -OCH3 is 1. The first-order chi connectivity index (χ1) is 13.6. The van der Waals surface area contributed by atoms with Gasteiger partial charge in [-0.05, 0) is 61.7 Å². The second kappa shape index (κ2) is 9.91. The van der Waals surface area contributed by atoms with Gasteiger partial charge in [-0.3, -0.25) is 4.18 Å². The molecule has 0 N–H and O–H groups in total. The van der Waals surface area contributed by atoms with Gasteiger partial charge in [-0.1, -0.05) is 18.2 Å². The zero-order chi connectivity index (χ0) is 19.8. The highest BCUT2D eigenvalue weighted by Gasteiger charge is 2.25. The predicted molar refractivity (Wildman–Crippen MR) is 107 cm³/mol. The molecule has 0 bridgehead atoms. The van der Waals surface area contributed by atoms with Gasteiger partial charge in [0.1, 0.15) is 11.5 Å². The number of rotatable bonds is 10. The minimum atomic E-state index is -3.67. The van der Waals surface area contributed by atoms with E-state index in [0.29, 0.717) is 6.61 Å². The third-order valence-corrected chi connectivity index (χ3v) is 6.10. The Balaban J connectivity index is 1.34. The number of likely N-dealkylation sites (tertiary alicyclic amines) is 1. The zero-order valence-electron chi connectivity index (χ0n) is 16.1. The predicted octanol–water partition coefficient (Wildman–Crippen LogP) is 3.19. The number of hydrogen-bond donors (Lipinski definition) is 0. The Bertz CT molecular complexity index is 824. The van der Waals surface area contributed by atoms with Crippen molar-refractivity contribution < 1.29 is 22.1 Å². The summed E-state index contributed by atoms with van der Waals surface area (Å²) in [4.78, 5) is 2.54. The van der Waals surface area contributed by atoms with Crippen molar-refractivity contribution in [1.82, 2.24) is 4.90 Å². The topological polar surface area (TPSA) is 65.1 Å². The van der Waals surface area contributed by atoms with E-state index in [1.807, 2.05) is 24.3 Å². The van der Waals surface area contributed by atoms with Crippen molar-refractivity contribution in [2.75, 3.05) is 40.0 Å². The van der Waals surface area contributed by atoms with Crippen molar-refractivity contribution in [2.24, 2.45) is 5.92 Å². The Morgan fingerprint density at radius 2 is 1.75 bits per heavy atom. The normalized spacial score (nSPS) is 17.5. The first-order valence-corrected chi connectivity index (χ1v) is 10.9. The maximum Gasteiger partial charge on any atom is 0.296 e.